The van der Waals surface area contributed by atoms with Crippen LogP contribution in [0.15, 0.2) is 60.7 Å². The van der Waals surface area contributed by atoms with E-state index in [1.54, 1.807) is 11.3 Å². The van der Waals surface area contributed by atoms with Gasteiger partial charge < -0.3 is 4.90 Å². The Bertz CT molecular complexity index is 824. The quantitative estimate of drug-likeness (QED) is 0.615. The first-order valence-electron chi connectivity index (χ1n) is 8.90. The van der Waals surface area contributed by atoms with Crippen LogP contribution in [0.5, 0.6) is 0 Å². The Hall–Kier alpha value is -2.46. The molecule has 0 bridgehead atoms. The van der Waals surface area contributed by atoms with Crippen LogP contribution in [0.25, 0.3) is 0 Å². The fraction of sp³-hybridized carbons (Fsp3) is 0.273. The zero-order valence-corrected chi connectivity index (χ0v) is 16.1. The summed E-state index contributed by atoms with van der Waals surface area (Å²) >= 11 is 1.62. The minimum absolute atomic E-state index is 0.138. The number of amides is 1. The number of aryl methyl sites for hydroxylation is 2. The number of hydrogen-bond donors (Lipinski definition) is 0. The van der Waals surface area contributed by atoms with E-state index in [9.17, 15) is 4.79 Å². The van der Waals surface area contributed by atoms with E-state index in [4.69, 9.17) is 0 Å². The second-order valence-electron chi connectivity index (χ2n) is 6.46. The Morgan fingerprint density at radius 1 is 0.962 bits per heavy atom. The van der Waals surface area contributed by atoms with Gasteiger partial charge in [0.1, 0.15) is 5.01 Å². The predicted molar refractivity (Wildman–Crippen MR) is 107 cm³/mol. The first-order chi connectivity index (χ1) is 12.6. The number of rotatable bonds is 7. The van der Waals surface area contributed by atoms with E-state index >= 15 is 0 Å². The van der Waals surface area contributed by atoms with Crippen molar-refractivity contribution in [2.75, 3.05) is 6.54 Å². The van der Waals surface area contributed by atoms with E-state index < -0.39 is 0 Å². The average molecular weight is 365 g/mol. The molecule has 0 radical (unpaired) electrons. The monoisotopic (exact) mass is 364 g/mol. The third-order valence-electron chi connectivity index (χ3n) is 4.46. The van der Waals surface area contributed by atoms with E-state index in [0.29, 0.717) is 19.5 Å². The Morgan fingerprint density at radius 3 is 2.15 bits per heavy atom. The van der Waals surface area contributed by atoms with Crippen LogP contribution in [0.1, 0.15) is 26.7 Å². The largest absolute Gasteiger partial charge is 0.338 e. The molecule has 0 atom stereocenters. The van der Waals surface area contributed by atoms with E-state index in [0.717, 1.165) is 22.7 Å². The van der Waals surface area contributed by atoms with Crippen LogP contribution in [0.3, 0.4) is 0 Å². The zero-order chi connectivity index (χ0) is 18.4. The normalized spacial score (nSPS) is 10.7. The lowest BCUT2D eigenvalue weighted by molar-refractivity contribution is -0.131. The lowest BCUT2D eigenvalue weighted by Crippen LogP contribution is -2.33. The molecule has 0 spiro atoms. The lowest BCUT2D eigenvalue weighted by Gasteiger charge is -2.23. The van der Waals surface area contributed by atoms with Crippen molar-refractivity contribution >= 4 is 17.2 Å². The molecule has 3 rings (SSSR count). The first-order valence-corrected chi connectivity index (χ1v) is 9.72. The van der Waals surface area contributed by atoms with Gasteiger partial charge in [0.2, 0.25) is 5.91 Å². The van der Waals surface area contributed by atoms with Crippen LogP contribution >= 0.6 is 11.3 Å². The number of carbonyl (C=O) groups excluding carboxylic acids is 1. The van der Waals surface area contributed by atoms with E-state index in [2.05, 4.69) is 36.2 Å². The molecule has 0 aliphatic rings. The SMILES string of the molecule is Cc1nc(CC(=O)N(CCc2ccccc2)Cc2ccccc2)sc1C. The lowest BCUT2D eigenvalue weighted by atomic mass is 10.1. The molecule has 0 saturated carbocycles. The summed E-state index contributed by atoms with van der Waals surface area (Å²) in [7, 11) is 0. The van der Waals surface area contributed by atoms with Crippen LogP contribution in [0.2, 0.25) is 0 Å². The Kier molecular flexibility index (Phi) is 6.18. The summed E-state index contributed by atoms with van der Waals surface area (Å²) < 4.78 is 0. The van der Waals surface area contributed by atoms with E-state index in [1.165, 1.54) is 10.4 Å². The van der Waals surface area contributed by atoms with Gasteiger partial charge in [-0.15, -0.1) is 11.3 Å². The summed E-state index contributed by atoms with van der Waals surface area (Å²) in [6.07, 6.45) is 1.23. The average Bonchev–Trinajstić information content (AvgIpc) is 2.97. The molecule has 3 aromatic rings. The number of aromatic nitrogens is 1. The molecule has 0 aliphatic carbocycles. The Balaban J connectivity index is 1.71. The molecule has 3 nitrogen and oxygen atoms in total. The van der Waals surface area contributed by atoms with Gasteiger partial charge >= 0.3 is 0 Å². The van der Waals surface area contributed by atoms with Crippen molar-refractivity contribution in [2.45, 2.75) is 33.2 Å². The molecular formula is C22H24N2OS. The topological polar surface area (TPSA) is 33.2 Å². The van der Waals surface area contributed by atoms with Crippen LogP contribution < -0.4 is 0 Å². The van der Waals surface area contributed by atoms with Gasteiger partial charge in [0.25, 0.3) is 0 Å². The van der Waals surface area contributed by atoms with Crippen molar-refractivity contribution in [1.82, 2.24) is 9.88 Å². The maximum atomic E-state index is 13.0. The summed E-state index contributed by atoms with van der Waals surface area (Å²) in [4.78, 5) is 20.6. The third kappa shape index (κ3) is 5.02. The molecule has 1 aromatic heterocycles. The fourth-order valence-electron chi connectivity index (χ4n) is 2.86. The smallest absolute Gasteiger partial charge is 0.229 e. The molecule has 4 heteroatoms. The molecule has 1 amide bonds. The summed E-state index contributed by atoms with van der Waals surface area (Å²) in [5.41, 5.74) is 3.43. The molecule has 26 heavy (non-hydrogen) atoms. The highest BCUT2D eigenvalue weighted by molar-refractivity contribution is 7.11. The number of nitrogens with zero attached hydrogens (tertiary/aromatic N) is 2. The van der Waals surface area contributed by atoms with Crippen molar-refractivity contribution in [2.24, 2.45) is 0 Å². The summed E-state index contributed by atoms with van der Waals surface area (Å²) in [5, 5.41) is 0.905. The van der Waals surface area contributed by atoms with Crippen molar-refractivity contribution in [3.8, 4) is 0 Å². The summed E-state index contributed by atoms with van der Waals surface area (Å²) in [6.45, 7) is 5.39. The van der Waals surface area contributed by atoms with Crippen LogP contribution in [-0.2, 0) is 24.2 Å². The van der Waals surface area contributed by atoms with Gasteiger partial charge in [-0.25, -0.2) is 4.98 Å². The van der Waals surface area contributed by atoms with Gasteiger partial charge in [-0.05, 0) is 31.4 Å². The third-order valence-corrected chi connectivity index (χ3v) is 5.53. The van der Waals surface area contributed by atoms with Crippen LogP contribution in [0.4, 0.5) is 0 Å². The van der Waals surface area contributed by atoms with Crippen LogP contribution in [-0.4, -0.2) is 22.3 Å². The number of carbonyl (C=O) groups is 1. The molecule has 0 N–H and O–H groups in total. The molecule has 0 unspecified atom stereocenters. The highest BCUT2D eigenvalue weighted by atomic mass is 32.1. The maximum absolute atomic E-state index is 13.0. The summed E-state index contributed by atoms with van der Waals surface area (Å²) in [5.74, 6) is 0.138. The fourth-order valence-corrected chi connectivity index (χ4v) is 3.79. The Labute approximate surface area is 159 Å². The van der Waals surface area contributed by atoms with Gasteiger partial charge in [0.05, 0.1) is 12.1 Å². The maximum Gasteiger partial charge on any atom is 0.229 e. The van der Waals surface area contributed by atoms with Crippen molar-refractivity contribution in [3.63, 3.8) is 0 Å². The molecular weight excluding hydrogens is 340 g/mol. The second-order valence-corrected chi connectivity index (χ2v) is 7.75. The number of thiazole rings is 1. The molecule has 0 saturated heterocycles. The Morgan fingerprint density at radius 2 is 1.58 bits per heavy atom. The van der Waals surface area contributed by atoms with Gasteiger partial charge in [0, 0.05) is 18.0 Å². The molecule has 134 valence electrons. The van der Waals surface area contributed by atoms with Crippen LogP contribution in [0, 0.1) is 13.8 Å². The zero-order valence-electron chi connectivity index (χ0n) is 15.3. The molecule has 1 heterocycles. The summed E-state index contributed by atoms with van der Waals surface area (Å²) in [6, 6.07) is 20.5. The molecule has 0 aliphatic heterocycles. The molecule has 0 fully saturated rings. The van der Waals surface area contributed by atoms with E-state index in [-0.39, 0.29) is 5.91 Å². The predicted octanol–water partition coefficient (Wildman–Crippen LogP) is 4.57. The highest BCUT2D eigenvalue weighted by Gasteiger charge is 2.17. The van der Waals surface area contributed by atoms with Gasteiger partial charge in [-0.3, -0.25) is 4.79 Å². The van der Waals surface area contributed by atoms with E-state index in [1.807, 2.05) is 48.2 Å². The highest BCUT2D eigenvalue weighted by Crippen LogP contribution is 2.18. The van der Waals surface area contributed by atoms with Crippen molar-refractivity contribution < 1.29 is 4.79 Å². The number of benzene rings is 2. The second kappa shape index (κ2) is 8.77. The van der Waals surface area contributed by atoms with Crippen molar-refractivity contribution in [3.05, 3.63) is 87.4 Å². The molecule has 2 aromatic carbocycles. The minimum atomic E-state index is 0.138. The number of hydrogen-bond acceptors (Lipinski definition) is 3. The minimum Gasteiger partial charge on any atom is -0.338 e. The van der Waals surface area contributed by atoms with Crippen molar-refractivity contribution in [1.29, 1.82) is 0 Å². The van der Waals surface area contributed by atoms with Gasteiger partial charge in [0.15, 0.2) is 0 Å². The standard InChI is InChI=1S/C22H24N2OS/c1-17-18(2)26-21(23-17)15-22(25)24(16-20-11-7-4-8-12-20)14-13-19-9-5-3-6-10-19/h3-12H,13-16H2,1-2H3. The van der Waals surface area contributed by atoms with Gasteiger partial charge in [-0.1, -0.05) is 60.7 Å². The van der Waals surface area contributed by atoms with Gasteiger partial charge in [-0.2, -0.15) is 0 Å². The first kappa shape index (κ1) is 18.3.